The zero-order valence-electron chi connectivity index (χ0n) is 13.1. The monoisotopic (exact) mass is 354 g/mol. The molecule has 2 aromatic carbocycles. The van der Waals surface area contributed by atoms with Gasteiger partial charge in [0.2, 0.25) is 0 Å². The van der Waals surface area contributed by atoms with E-state index in [1.54, 1.807) is 30.5 Å². The molecule has 25 heavy (non-hydrogen) atoms. The van der Waals surface area contributed by atoms with E-state index in [4.69, 9.17) is 27.2 Å². The van der Waals surface area contributed by atoms with Crippen LogP contribution in [0.25, 0.3) is 22.3 Å². The van der Waals surface area contributed by atoms with Crippen molar-refractivity contribution in [1.82, 2.24) is 4.98 Å². The van der Waals surface area contributed by atoms with Crippen LogP contribution < -0.4 is 10.5 Å². The number of pyridine rings is 1. The van der Waals surface area contributed by atoms with E-state index >= 15 is 0 Å². The number of aromatic nitrogens is 1. The van der Waals surface area contributed by atoms with Gasteiger partial charge in [-0.15, -0.1) is 0 Å². The molecule has 0 spiro atoms. The number of nitrogen functional groups attached to an aromatic ring is 1. The quantitative estimate of drug-likeness (QED) is 0.720. The summed E-state index contributed by atoms with van der Waals surface area (Å²) in [6, 6.07) is 16.5. The molecule has 3 rings (SSSR count). The molecule has 3 N–H and O–H groups in total. The van der Waals surface area contributed by atoms with E-state index in [1.807, 2.05) is 30.3 Å². The van der Waals surface area contributed by atoms with E-state index in [0.717, 1.165) is 22.3 Å². The van der Waals surface area contributed by atoms with Gasteiger partial charge >= 0.3 is 5.97 Å². The maximum atomic E-state index is 10.5. The molecule has 0 unspecified atom stereocenters. The fraction of sp³-hybridized carbons (Fsp3) is 0.0526. The number of nitrogens with zero attached hydrogens (tertiary/aromatic N) is 1. The van der Waals surface area contributed by atoms with Gasteiger partial charge in [0.05, 0.1) is 0 Å². The van der Waals surface area contributed by atoms with Crippen molar-refractivity contribution >= 4 is 23.4 Å². The highest BCUT2D eigenvalue weighted by atomic mass is 35.5. The highest BCUT2D eigenvalue weighted by molar-refractivity contribution is 6.30. The number of aliphatic carboxylic acids is 1. The van der Waals surface area contributed by atoms with Crippen molar-refractivity contribution in [2.75, 3.05) is 12.3 Å². The SMILES string of the molecule is Nc1ncc(-c2ccc(OCC(=O)O)cc2)cc1-c1ccc(Cl)cc1. The first-order valence-corrected chi connectivity index (χ1v) is 7.87. The minimum Gasteiger partial charge on any atom is -0.482 e. The number of anilines is 1. The summed E-state index contributed by atoms with van der Waals surface area (Å²) >= 11 is 5.93. The molecule has 5 nitrogen and oxygen atoms in total. The topological polar surface area (TPSA) is 85.4 Å². The molecule has 0 saturated heterocycles. The van der Waals surface area contributed by atoms with E-state index in [2.05, 4.69) is 4.98 Å². The van der Waals surface area contributed by atoms with E-state index in [1.165, 1.54) is 0 Å². The van der Waals surface area contributed by atoms with Crippen LogP contribution in [-0.4, -0.2) is 22.7 Å². The minimum absolute atomic E-state index is 0.372. The van der Waals surface area contributed by atoms with Crippen LogP contribution in [0.15, 0.2) is 60.8 Å². The number of hydrogen-bond donors (Lipinski definition) is 2. The summed E-state index contributed by atoms with van der Waals surface area (Å²) in [5.41, 5.74) is 9.57. The molecule has 1 aromatic heterocycles. The number of carbonyl (C=O) groups is 1. The standard InChI is InChI=1S/C19H15ClN2O3/c20-15-5-1-13(2-6-15)17-9-14(10-22-19(17)21)12-3-7-16(8-4-12)25-11-18(23)24/h1-10H,11H2,(H2,21,22)(H,23,24). The van der Waals surface area contributed by atoms with Crippen LogP contribution >= 0.6 is 11.6 Å². The molecule has 0 aliphatic carbocycles. The molecule has 0 atom stereocenters. The molecular formula is C19H15ClN2O3. The lowest BCUT2D eigenvalue weighted by atomic mass is 10.0. The van der Waals surface area contributed by atoms with Crippen LogP contribution in [0.2, 0.25) is 5.02 Å². The van der Waals surface area contributed by atoms with Crippen LogP contribution in [0.3, 0.4) is 0 Å². The molecule has 0 aliphatic rings. The van der Waals surface area contributed by atoms with Crippen molar-refractivity contribution in [3.05, 3.63) is 65.8 Å². The average Bonchev–Trinajstić information content (AvgIpc) is 2.62. The summed E-state index contributed by atoms with van der Waals surface area (Å²) in [6.07, 6.45) is 1.70. The number of rotatable bonds is 5. The summed E-state index contributed by atoms with van der Waals surface area (Å²) in [5, 5.41) is 9.29. The van der Waals surface area contributed by atoms with Gasteiger partial charge in [-0.2, -0.15) is 0 Å². The van der Waals surface area contributed by atoms with Gasteiger partial charge in [-0.25, -0.2) is 9.78 Å². The van der Waals surface area contributed by atoms with Gasteiger partial charge < -0.3 is 15.6 Å². The van der Waals surface area contributed by atoms with E-state index in [9.17, 15) is 4.79 Å². The highest BCUT2D eigenvalue weighted by Gasteiger charge is 2.08. The summed E-state index contributed by atoms with van der Waals surface area (Å²) < 4.78 is 5.13. The Kier molecular flexibility index (Phi) is 4.86. The lowest BCUT2D eigenvalue weighted by Crippen LogP contribution is -2.09. The number of hydrogen-bond acceptors (Lipinski definition) is 4. The molecule has 6 heteroatoms. The van der Waals surface area contributed by atoms with E-state index < -0.39 is 5.97 Å². The Morgan fingerprint density at radius 1 is 1.04 bits per heavy atom. The smallest absolute Gasteiger partial charge is 0.341 e. The van der Waals surface area contributed by atoms with Crippen molar-refractivity contribution in [2.24, 2.45) is 0 Å². The number of ether oxygens (including phenoxy) is 1. The normalized spacial score (nSPS) is 10.4. The largest absolute Gasteiger partial charge is 0.482 e. The van der Waals surface area contributed by atoms with Gasteiger partial charge in [-0.3, -0.25) is 0 Å². The van der Waals surface area contributed by atoms with Crippen LogP contribution in [-0.2, 0) is 4.79 Å². The molecule has 3 aromatic rings. The third-order valence-corrected chi connectivity index (χ3v) is 3.88. The maximum Gasteiger partial charge on any atom is 0.341 e. The molecule has 0 amide bonds. The first-order valence-electron chi connectivity index (χ1n) is 7.49. The number of benzene rings is 2. The first-order chi connectivity index (χ1) is 12.0. The second kappa shape index (κ2) is 7.23. The van der Waals surface area contributed by atoms with Crippen LogP contribution in [0, 0.1) is 0 Å². The van der Waals surface area contributed by atoms with Crippen LogP contribution in [0.1, 0.15) is 0 Å². The summed E-state index contributed by atoms with van der Waals surface area (Å²) in [4.78, 5) is 14.8. The zero-order chi connectivity index (χ0) is 17.8. The van der Waals surface area contributed by atoms with E-state index in [-0.39, 0.29) is 6.61 Å². The third kappa shape index (κ3) is 4.08. The molecule has 0 bridgehead atoms. The van der Waals surface area contributed by atoms with Gasteiger partial charge in [-0.05, 0) is 41.5 Å². The third-order valence-electron chi connectivity index (χ3n) is 3.62. The van der Waals surface area contributed by atoms with Crippen LogP contribution in [0.5, 0.6) is 5.75 Å². The minimum atomic E-state index is -1.01. The molecule has 126 valence electrons. The number of nitrogens with two attached hydrogens (primary N) is 1. The molecule has 0 aliphatic heterocycles. The van der Waals surface area contributed by atoms with Gasteiger partial charge in [0, 0.05) is 22.3 Å². The molecule has 1 heterocycles. The molecule has 0 radical (unpaired) electrons. The second-order valence-electron chi connectivity index (χ2n) is 5.37. The van der Waals surface area contributed by atoms with E-state index in [0.29, 0.717) is 16.6 Å². The summed E-state index contributed by atoms with van der Waals surface area (Å²) in [5.74, 6) is -0.0839. The zero-order valence-corrected chi connectivity index (χ0v) is 13.9. The average molecular weight is 355 g/mol. The summed E-state index contributed by atoms with van der Waals surface area (Å²) in [6.45, 7) is -0.372. The second-order valence-corrected chi connectivity index (χ2v) is 5.81. The number of halogens is 1. The number of carboxylic acid groups (broad SMARTS) is 1. The van der Waals surface area contributed by atoms with Gasteiger partial charge in [-0.1, -0.05) is 35.9 Å². The van der Waals surface area contributed by atoms with Crippen LogP contribution in [0.4, 0.5) is 5.82 Å². The Balaban J connectivity index is 1.89. The Bertz CT molecular complexity index is 894. The predicted octanol–water partition coefficient (Wildman–Crippen LogP) is 4.11. The predicted molar refractivity (Wildman–Crippen MR) is 97.7 cm³/mol. The van der Waals surface area contributed by atoms with Gasteiger partial charge in [0.1, 0.15) is 11.6 Å². The Morgan fingerprint density at radius 3 is 2.32 bits per heavy atom. The Labute approximate surface area is 149 Å². The lowest BCUT2D eigenvalue weighted by molar-refractivity contribution is -0.139. The van der Waals surface area contributed by atoms with Gasteiger partial charge in [0.15, 0.2) is 6.61 Å². The molecule has 0 fully saturated rings. The highest BCUT2D eigenvalue weighted by Crippen LogP contribution is 2.31. The van der Waals surface area contributed by atoms with Gasteiger partial charge in [0.25, 0.3) is 0 Å². The summed E-state index contributed by atoms with van der Waals surface area (Å²) in [7, 11) is 0. The van der Waals surface area contributed by atoms with Crippen molar-refractivity contribution in [1.29, 1.82) is 0 Å². The fourth-order valence-corrected chi connectivity index (χ4v) is 2.51. The number of carboxylic acids is 1. The lowest BCUT2D eigenvalue weighted by Gasteiger charge is -2.09. The molecular weight excluding hydrogens is 340 g/mol. The van der Waals surface area contributed by atoms with Crippen molar-refractivity contribution < 1.29 is 14.6 Å². The molecule has 0 saturated carbocycles. The fourth-order valence-electron chi connectivity index (χ4n) is 2.38. The van der Waals surface area contributed by atoms with Crippen molar-refractivity contribution in [3.8, 4) is 28.0 Å². The van der Waals surface area contributed by atoms with Crippen molar-refractivity contribution in [3.63, 3.8) is 0 Å². The first kappa shape index (κ1) is 16.8. The maximum absolute atomic E-state index is 10.5. The Morgan fingerprint density at radius 2 is 1.68 bits per heavy atom. The van der Waals surface area contributed by atoms with Crippen molar-refractivity contribution in [2.45, 2.75) is 0 Å². The Hall–Kier alpha value is -3.05.